The minimum Gasteiger partial charge on any atom is -0.393 e. The van der Waals surface area contributed by atoms with E-state index in [1.807, 2.05) is 0 Å². The zero-order chi connectivity index (χ0) is 5.86. The van der Waals surface area contributed by atoms with Gasteiger partial charge in [0.15, 0.2) is 0 Å². The van der Waals surface area contributed by atoms with Crippen molar-refractivity contribution < 1.29 is 10.2 Å². The van der Waals surface area contributed by atoms with Crippen molar-refractivity contribution in [1.82, 2.24) is 0 Å². The number of aliphatic hydroxyl groups is 2. The van der Waals surface area contributed by atoms with Gasteiger partial charge in [-0.2, -0.15) is 0 Å². The third-order valence-corrected chi connectivity index (χ3v) is 0.742. The van der Waals surface area contributed by atoms with E-state index in [0.717, 1.165) is 0 Å². The number of aliphatic hydroxyl groups excluding tert-OH is 2. The average molecular weight is 102 g/mol. The summed E-state index contributed by atoms with van der Waals surface area (Å²) >= 11 is 0. The molecule has 0 aromatic rings. The van der Waals surface area contributed by atoms with Crippen molar-refractivity contribution in [3.63, 3.8) is 0 Å². The molecule has 0 amide bonds. The molecule has 0 aromatic carbocycles. The molecule has 0 rings (SSSR count). The van der Waals surface area contributed by atoms with Crippen molar-refractivity contribution in [2.75, 3.05) is 6.61 Å². The first kappa shape index (κ1) is 6.66. The molecule has 0 aliphatic carbocycles. The molecule has 0 aliphatic heterocycles. The molecule has 0 aromatic heterocycles. The number of hydrogen-bond acceptors (Lipinski definition) is 2. The van der Waals surface area contributed by atoms with E-state index >= 15 is 0 Å². The highest BCUT2D eigenvalue weighted by atomic mass is 16.3. The standard InChI is InChI=1S/C5H10O2/c1-4(2)5(7)3-6/h5-7H,1,3H2,2H3. The van der Waals surface area contributed by atoms with Crippen LogP contribution in [-0.2, 0) is 0 Å². The number of rotatable bonds is 2. The molecular formula is C5H10O2. The van der Waals surface area contributed by atoms with Crippen LogP contribution in [-0.4, -0.2) is 22.9 Å². The lowest BCUT2D eigenvalue weighted by molar-refractivity contribution is 0.123. The minimum absolute atomic E-state index is 0.227. The quantitative estimate of drug-likeness (QED) is 0.478. The lowest BCUT2D eigenvalue weighted by atomic mass is 10.2. The lowest BCUT2D eigenvalue weighted by Gasteiger charge is -2.02. The summed E-state index contributed by atoms with van der Waals surface area (Å²) in [6, 6.07) is 0. The molecular weight excluding hydrogens is 92.1 g/mol. The molecule has 2 nitrogen and oxygen atoms in total. The molecule has 0 heterocycles. The van der Waals surface area contributed by atoms with Crippen molar-refractivity contribution in [2.24, 2.45) is 0 Å². The second kappa shape index (κ2) is 2.77. The van der Waals surface area contributed by atoms with Crippen LogP contribution >= 0.6 is 0 Å². The number of hydrogen-bond donors (Lipinski definition) is 2. The Kier molecular flexibility index (Phi) is 2.64. The molecule has 0 fully saturated rings. The fraction of sp³-hybridized carbons (Fsp3) is 0.600. The van der Waals surface area contributed by atoms with Crippen LogP contribution in [0.15, 0.2) is 12.2 Å². The van der Waals surface area contributed by atoms with E-state index in [1.165, 1.54) is 0 Å². The van der Waals surface area contributed by atoms with Crippen LogP contribution in [0.1, 0.15) is 6.92 Å². The summed E-state index contributed by atoms with van der Waals surface area (Å²) in [6.07, 6.45) is -0.736. The Bertz CT molecular complexity index is 68.5. The highest BCUT2D eigenvalue weighted by Crippen LogP contribution is 1.93. The van der Waals surface area contributed by atoms with E-state index in [9.17, 15) is 0 Å². The average Bonchev–Trinajstić information content (AvgIpc) is 1.65. The molecule has 42 valence electrons. The lowest BCUT2D eigenvalue weighted by Crippen LogP contribution is -2.11. The zero-order valence-corrected chi connectivity index (χ0v) is 4.39. The van der Waals surface area contributed by atoms with Crippen LogP contribution in [0.3, 0.4) is 0 Å². The summed E-state index contributed by atoms with van der Waals surface area (Å²) in [5, 5.41) is 16.8. The smallest absolute Gasteiger partial charge is 0.0975 e. The molecule has 1 atom stereocenters. The van der Waals surface area contributed by atoms with E-state index in [0.29, 0.717) is 5.57 Å². The fourth-order valence-electron chi connectivity index (χ4n) is 0.156. The molecule has 0 bridgehead atoms. The van der Waals surface area contributed by atoms with Gasteiger partial charge in [-0.15, -0.1) is 0 Å². The molecule has 0 saturated carbocycles. The van der Waals surface area contributed by atoms with Gasteiger partial charge in [0.2, 0.25) is 0 Å². The third kappa shape index (κ3) is 2.37. The van der Waals surface area contributed by atoms with Gasteiger partial charge in [0.25, 0.3) is 0 Å². The first-order chi connectivity index (χ1) is 3.18. The summed E-state index contributed by atoms with van der Waals surface area (Å²) in [5.41, 5.74) is 0.600. The van der Waals surface area contributed by atoms with Gasteiger partial charge in [0, 0.05) is 0 Å². The van der Waals surface area contributed by atoms with E-state index in [2.05, 4.69) is 6.58 Å². The summed E-state index contributed by atoms with van der Waals surface area (Å²) in [5.74, 6) is 0. The fourth-order valence-corrected chi connectivity index (χ4v) is 0.156. The first-order valence-electron chi connectivity index (χ1n) is 2.12. The van der Waals surface area contributed by atoms with E-state index in [4.69, 9.17) is 10.2 Å². The van der Waals surface area contributed by atoms with E-state index < -0.39 is 6.10 Å². The molecule has 0 saturated heterocycles. The van der Waals surface area contributed by atoms with Crippen molar-refractivity contribution in [3.8, 4) is 0 Å². The van der Waals surface area contributed by atoms with Gasteiger partial charge >= 0.3 is 0 Å². The Morgan fingerprint density at radius 1 is 1.86 bits per heavy atom. The molecule has 2 N–H and O–H groups in total. The largest absolute Gasteiger partial charge is 0.393 e. The van der Waals surface area contributed by atoms with Gasteiger partial charge in [-0.05, 0) is 12.5 Å². The van der Waals surface area contributed by atoms with E-state index in [1.54, 1.807) is 6.92 Å². The summed E-state index contributed by atoms with van der Waals surface area (Å²) in [7, 11) is 0. The normalized spacial score (nSPS) is 13.6. The second-order valence-corrected chi connectivity index (χ2v) is 1.54. The highest BCUT2D eigenvalue weighted by molar-refractivity contribution is 4.95. The van der Waals surface area contributed by atoms with Crippen LogP contribution in [0.5, 0.6) is 0 Å². The predicted octanol–water partition coefficient (Wildman–Crippen LogP) is -0.0843. The van der Waals surface area contributed by atoms with Gasteiger partial charge < -0.3 is 10.2 Å². The Morgan fingerprint density at radius 3 is 2.29 bits per heavy atom. The molecule has 1 unspecified atom stereocenters. The molecule has 0 radical (unpaired) electrons. The third-order valence-electron chi connectivity index (χ3n) is 0.742. The van der Waals surface area contributed by atoms with Crippen LogP contribution in [0.25, 0.3) is 0 Å². The van der Waals surface area contributed by atoms with Gasteiger partial charge in [0.05, 0.1) is 12.7 Å². The van der Waals surface area contributed by atoms with Crippen molar-refractivity contribution >= 4 is 0 Å². The topological polar surface area (TPSA) is 40.5 Å². The summed E-state index contributed by atoms with van der Waals surface area (Å²) in [6.45, 7) is 4.86. The SMILES string of the molecule is C=C(C)C(O)CO. The summed E-state index contributed by atoms with van der Waals surface area (Å²) in [4.78, 5) is 0. The Morgan fingerprint density at radius 2 is 2.29 bits per heavy atom. The molecule has 0 aliphatic rings. The van der Waals surface area contributed by atoms with Gasteiger partial charge in [-0.3, -0.25) is 0 Å². The maximum absolute atomic E-state index is 8.59. The maximum atomic E-state index is 8.59. The van der Waals surface area contributed by atoms with Crippen molar-refractivity contribution in [2.45, 2.75) is 13.0 Å². The predicted molar refractivity (Wildman–Crippen MR) is 27.9 cm³/mol. The van der Waals surface area contributed by atoms with Gasteiger partial charge in [0.1, 0.15) is 0 Å². The molecule has 7 heavy (non-hydrogen) atoms. The summed E-state index contributed by atoms with van der Waals surface area (Å²) < 4.78 is 0. The Labute approximate surface area is 43.1 Å². The second-order valence-electron chi connectivity index (χ2n) is 1.54. The Balaban J connectivity index is 3.34. The van der Waals surface area contributed by atoms with E-state index in [-0.39, 0.29) is 6.61 Å². The van der Waals surface area contributed by atoms with Crippen LogP contribution in [0, 0.1) is 0 Å². The first-order valence-corrected chi connectivity index (χ1v) is 2.12. The molecule has 2 heteroatoms. The van der Waals surface area contributed by atoms with Crippen LogP contribution in [0.2, 0.25) is 0 Å². The minimum atomic E-state index is -0.736. The highest BCUT2D eigenvalue weighted by Gasteiger charge is 1.98. The van der Waals surface area contributed by atoms with Crippen molar-refractivity contribution in [1.29, 1.82) is 0 Å². The van der Waals surface area contributed by atoms with Crippen LogP contribution in [0.4, 0.5) is 0 Å². The monoisotopic (exact) mass is 102 g/mol. The van der Waals surface area contributed by atoms with Gasteiger partial charge in [-0.1, -0.05) is 6.58 Å². The molecule has 0 spiro atoms. The van der Waals surface area contributed by atoms with Gasteiger partial charge in [-0.25, -0.2) is 0 Å². The Hall–Kier alpha value is -0.340. The zero-order valence-electron chi connectivity index (χ0n) is 4.39. The maximum Gasteiger partial charge on any atom is 0.0975 e. The van der Waals surface area contributed by atoms with Crippen molar-refractivity contribution in [3.05, 3.63) is 12.2 Å². The van der Waals surface area contributed by atoms with Crippen LogP contribution < -0.4 is 0 Å².